The van der Waals surface area contributed by atoms with Crippen molar-refractivity contribution in [3.05, 3.63) is 47.3 Å². The van der Waals surface area contributed by atoms with Crippen LogP contribution >= 0.6 is 0 Å². The van der Waals surface area contributed by atoms with Crippen LogP contribution in [0.3, 0.4) is 0 Å². The molecule has 1 aliphatic rings. The number of aryl methyl sites for hydroxylation is 1. The number of fused-ring (bicyclic) bond motifs is 1. The first-order chi connectivity index (χ1) is 10.6. The SMILES string of the molecule is O=C(Cn1cc(C(=O)O)nn1)NC1CCc2ccccc2C1. The Morgan fingerprint density at radius 1 is 1.32 bits per heavy atom. The van der Waals surface area contributed by atoms with E-state index in [1.165, 1.54) is 22.0 Å². The number of aromatic nitrogens is 3. The minimum Gasteiger partial charge on any atom is -0.476 e. The topological polar surface area (TPSA) is 97.1 Å². The van der Waals surface area contributed by atoms with Gasteiger partial charge in [-0.25, -0.2) is 9.48 Å². The predicted octanol–water partition coefficient (Wildman–Crippen LogP) is 0.650. The van der Waals surface area contributed by atoms with E-state index in [4.69, 9.17) is 5.11 Å². The number of carboxylic acid groups (broad SMARTS) is 1. The molecule has 114 valence electrons. The molecule has 0 saturated carbocycles. The van der Waals surface area contributed by atoms with Crippen molar-refractivity contribution in [2.24, 2.45) is 0 Å². The van der Waals surface area contributed by atoms with Gasteiger partial charge in [0, 0.05) is 6.04 Å². The lowest BCUT2D eigenvalue weighted by Gasteiger charge is -2.25. The van der Waals surface area contributed by atoms with Crippen LogP contribution in [-0.4, -0.2) is 38.0 Å². The van der Waals surface area contributed by atoms with Crippen LogP contribution in [0.1, 0.15) is 28.0 Å². The van der Waals surface area contributed by atoms with Gasteiger partial charge in [0.25, 0.3) is 0 Å². The van der Waals surface area contributed by atoms with Crippen LogP contribution in [0, 0.1) is 0 Å². The van der Waals surface area contributed by atoms with Gasteiger partial charge in [0.1, 0.15) is 6.54 Å². The maximum Gasteiger partial charge on any atom is 0.358 e. The molecular formula is C15H16N4O3. The minimum atomic E-state index is -1.16. The van der Waals surface area contributed by atoms with Crippen LogP contribution in [0.15, 0.2) is 30.5 Å². The van der Waals surface area contributed by atoms with Crippen LogP contribution in [-0.2, 0) is 24.2 Å². The molecule has 1 atom stereocenters. The highest BCUT2D eigenvalue weighted by molar-refractivity contribution is 5.84. The fraction of sp³-hybridized carbons (Fsp3) is 0.333. The lowest BCUT2D eigenvalue weighted by molar-refractivity contribution is -0.122. The molecule has 0 saturated heterocycles. The number of amides is 1. The van der Waals surface area contributed by atoms with Gasteiger partial charge in [0.2, 0.25) is 5.91 Å². The third kappa shape index (κ3) is 3.13. The van der Waals surface area contributed by atoms with E-state index in [9.17, 15) is 9.59 Å². The summed E-state index contributed by atoms with van der Waals surface area (Å²) in [5.41, 5.74) is 2.45. The third-order valence-corrected chi connectivity index (χ3v) is 3.78. The highest BCUT2D eigenvalue weighted by atomic mass is 16.4. The molecule has 0 aliphatic heterocycles. The number of carbonyl (C=O) groups is 2. The van der Waals surface area contributed by atoms with Gasteiger partial charge < -0.3 is 10.4 Å². The average Bonchev–Trinajstić information content (AvgIpc) is 2.95. The van der Waals surface area contributed by atoms with Crippen molar-refractivity contribution >= 4 is 11.9 Å². The molecule has 1 amide bonds. The Morgan fingerprint density at radius 2 is 2.09 bits per heavy atom. The van der Waals surface area contributed by atoms with Gasteiger partial charge in [0.15, 0.2) is 5.69 Å². The Bertz CT molecular complexity index is 710. The van der Waals surface area contributed by atoms with Gasteiger partial charge >= 0.3 is 5.97 Å². The Kier molecular flexibility index (Phi) is 3.86. The molecule has 0 bridgehead atoms. The molecule has 0 spiro atoms. The monoisotopic (exact) mass is 300 g/mol. The smallest absolute Gasteiger partial charge is 0.358 e. The van der Waals surface area contributed by atoms with Crippen LogP contribution in [0.4, 0.5) is 0 Å². The first-order valence-electron chi connectivity index (χ1n) is 7.11. The highest BCUT2D eigenvalue weighted by Gasteiger charge is 2.20. The molecule has 7 heteroatoms. The fourth-order valence-corrected chi connectivity index (χ4v) is 2.72. The summed E-state index contributed by atoms with van der Waals surface area (Å²) in [5.74, 6) is -1.35. The summed E-state index contributed by atoms with van der Waals surface area (Å²) in [5, 5.41) is 18.9. The average molecular weight is 300 g/mol. The Labute approximate surface area is 126 Å². The molecule has 3 rings (SSSR count). The Balaban J connectivity index is 1.57. The van der Waals surface area contributed by atoms with Crippen molar-refractivity contribution in [1.82, 2.24) is 20.3 Å². The highest BCUT2D eigenvalue weighted by Crippen LogP contribution is 2.20. The summed E-state index contributed by atoms with van der Waals surface area (Å²) in [6.07, 6.45) is 3.92. The van der Waals surface area contributed by atoms with E-state index in [1.54, 1.807) is 0 Å². The predicted molar refractivity (Wildman–Crippen MR) is 77.4 cm³/mol. The number of nitrogens with zero attached hydrogens (tertiary/aromatic N) is 3. The maximum atomic E-state index is 12.0. The molecule has 7 nitrogen and oxygen atoms in total. The van der Waals surface area contributed by atoms with Gasteiger partial charge in [-0.1, -0.05) is 29.5 Å². The molecule has 22 heavy (non-hydrogen) atoms. The zero-order valence-corrected chi connectivity index (χ0v) is 11.9. The maximum absolute atomic E-state index is 12.0. The van der Waals surface area contributed by atoms with Crippen LogP contribution < -0.4 is 5.32 Å². The number of carbonyl (C=O) groups excluding carboxylic acids is 1. The molecule has 0 fully saturated rings. The van der Waals surface area contributed by atoms with E-state index in [2.05, 4.69) is 27.8 Å². The number of benzene rings is 1. The zero-order chi connectivity index (χ0) is 15.5. The molecule has 1 aliphatic carbocycles. The lowest BCUT2D eigenvalue weighted by atomic mass is 9.88. The van der Waals surface area contributed by atoms with Gasteiger partial charge in [-0.2, -0.15) is 0 Å². The van der Waals surface area contributed by atoms with Gasteiger partial charge in [0.05, 0.1) is 6.20 Å². The summed E-state index contributed by atoms with van der Waals surface area (Å²) in [6, 6.07) is 8.35. The van der Waals surface area contributed by atoms with E-state index in [0.29, 0.717) is 0 Å². The van der Waals surface area contributed by atoms with Gasteiger partial charge in [-0.15, -0.1) is 5.10 Å². The summed E-state index contributed by atoms with van der Waals surface area (Å²) < 4.78 is 1.23. The lowest BCUT2D eigenvalue weighted by Crippen LogP contribution is -2.40. The van der Waals surface area contributed by atoms with Gasteiger partial charge in [-0.3, -0.25) is 4.79 Å². The van der Waals surface area contributed by atoms with E-state index in [1.807, 2.05) is 12.1 Å². The van der Waals surface area contributed by atoms with E-state index in [0.717, 1.165) is 19.3 Å². The minimum absolute atomic E-state index is 0.0293. The Hall–Kier alpha value is -2.70. The molecule has 1 unspecified atom stereocenters. The van der Waals surface area contributed by atoms with Gasteiger partial charge in [-0.05, 0) is 30.4 Å². The van der Waals surface area contributed by atoms with Crippen molar-refractivity contribution in [1.29, 1.82) is 0 Å². The number of nitrogens with one attached hydrogen (secondary N) is 1. The van der Waals surface area contributed by atoms with E-state index in [-0.39, 0.29) is 24.2 Å². The second kappa shape index (κ2) is 5.97. The number of hydrogen-bond donors (Lipinski definition) is 2. The standard InChI is InChI=1S/C15H16N4O3/c20-14(9-19-8-13(15(21)22)17-18-19)16-12-6-5-10-3-1-2-4-11(10)7-12/h1-4,8,12H,5-7,9H2,(H,16,20)(H,21,22). The van der Waals surface area contributed by atoms with Crippen LogP contribution in [0.2, 0.25) is 0 Å². The number of carboxylic acids is 1. The first-order valence-corrected chi connectivity index (χ1v) is 7.11. The molecule has 0 radical (unpaired) electrons. The normalized spacial score (nSPS) is 16.8. The van der Waals surface area contributed by atoms with Crippen molar-refractivity contribution in [2.75, 3.05) is 0 Å². The van der Waals surface area contributed by atoms with E-state index >= 15 is 0 Å². The van der Waals surface area contributed by atoms with Crippen molar-refractivity contribution in [3.63, 3.8) is 0 Å². The summed E-state index contributed by atoms with van der Waals surface area (Å²) in [7, 11) is 0. The molecule has 2 N–H and O–H groups in total. The molecule has 1 aromatic heterocycles. The molecule has 2 aromatic rings. The third-order valence-electron chi connectivity index (χ3n) is 3.78. The Morgan fingerprint density at radius 3 is 2.82 bits per heavy atom. The first kappa shape index (κ1) is 14.2. The summed E-state index contributed by atoms with van der Waals surface area (Å²) in [6.45, 7) is -0.0293. The second-order valence-corrected chi connectivity index (χ2v) is 5.38. The number of hydrogen-bond acceptors (Lipinski definition) is 4. The fourth-order valence-electron chi connectivity index (χ4n) is 2.72. The van der Waals surface area contributed by atoms with Crippen molar-refractivity contribution < 1.29 is 14.7 Å². The molecule has 1 heterocycles. The zero-order valence-electron chi connectivity index (χ0n) is 11.9. The quantitative estimate of drug-likeness (QED) is 0.864. The van der Waals surface area contributed by atoms with Crippen LogP contribution in [0.25, 0.3) is 0 Å². The summed E-state index contributed by atoms with van der Waals surface area (Å²) in [4.78, 5) is 22.7. The molecular weight excluding hydrogens is 284 g/mol. The van der Waals surface area contributed by atoms with Crippen LogP contribution in [0.5, 0.6) is 0 Å². The van der Waals surface area contributed by atoms with E-state index < -0.39 is 5.97 Å². The number of rotatable bonds is 4. The second-order valence-electron chi connectivity index (χ2n) is 5.38. The summed E-state index contributed by atoms with van der Waals surface area (Å²) >= 11 is 0. The number of aromatic carboxylic acids is 1. The van der Waals surface area contributed by atoms with Crippen molar-refractivity contribution in [2.45, 2.75) is 31.8 Å². The molecule has 1 aromatic carbocycles. The largest absolute Gasteiger partial charge is 0.476 e. The van der Waals surface area contributed by atoms with Crippen molar-refractivity contribution in [3.8, 4) is 0 Å².